The first kappa shape index (κ1) is 16.2. The monoisotopic (exact) mass is 316 g/mol. The van der Waals surface area contributed by atoms with E-state index >= 15 is 0 Å². The van der Waals surface area contributed by atoms with Gasteiger partial charge in [0, 0.05) is 13.5 Å². The summed E-state index contributed by atoms with van der Waals surface area (Å²) in [5, 5.41) is 13.3. The number of rotatable bonds is 6. The summed E-state index contributed by atoms with van der Waals surface area (Å²) in [6, 6.07) is 9.30. The van der Waals surface area contributed by atoms with Gasteiger partial charge in [-0.3, -0.25) is 0 Å². The van der Waals surface area contributed by atoms with Crippen LogP contribution in [0.15, 0.2) is 36.4 Å². The molecule has 0 aliphatic carbocycles. The van der Waals surface area contributed by atoms with Gasteiger partial charge in [-0.15, -0.1) is 0 Å². The third-order valence-electron chi connectivity index (χ3n) is 2.87. The third-order valence-corrected chi connectivity index (χ3v) is 2.87. The number of carbonyl (C=O) groups excluding carboxylic acids is 1. The molecule has 0 radical (unpaired) electrons. The molecule has 8 nitrogen and oxygen atoms in total. The first-order valence-corrected chi connectivity index (χ1v) is 6.88. The molecule has 2 rings (SSSR count). The maximum atomic E-state index is 11.5. The summed E-state index contributed by atoms with van der Waals surface area (Å²) in [7, 11) is 0. The van der Waals surface area contributed by atoms with Crippen molar-refractivity contribution in [3.63, 3.8) is 0 Å². The Morgan fingerprint density at radius 3 is 2.87 bits per heavy atom. The van der Waals surface area contributed by atoms with E-state index in [0.29, 0.717) is 5.82 Å². The average Bonchev–Trinajstić information content (AvgIpc) is 2.92. The van der Waals surface area contributed by atoms with Gasteiger partial charge in [-0.05, 0) is 16.6 Å². The highest BCUT2D eigenvalue weighted by Gasteiger charge is 2.14. The Morgan fingerprint density at radius 2 is 2.17 bits per heavy atom. The molecule has 0 saturated carbocycles. The molecular formula is C15H16N4O4. The van der Waals surface area contributed by atoms with Crippen LogP contribution in [0.4, 0.5) is 10.6 Å². The van der Waals surface area contributed by atoms with E-state index in [1.807, 2.05) is 30.3 Å². The number of aryl methyl sites for hydroxylation is 1. The minimum Gasteiger partial charge on any atom is -0.445 e. The standard InChI is InChI=1S/C15H16N4O4/c1-11-17-13(14(18-11)19(21)22)8-5-9-16-15(20)23-10-12-6-3-2-4-7-12/h2-8H,9-10H2,1H3,(H,16,20)(H,17,18). The van der Waals surface area contributed by atoms with Gasteiger partial charge in [0.2, 0.25) is 0 Å². The molecular weight excluding hydrogens is 300 g/mol. The number of amides is 1. The average molecular weight is 316 g/mol. The highest BCUT2D eigenvalue weighted by atomic mass is 16.6. The number of hydrogen-bond acceptors (Lipinski definition) is 5. The van der Waals surface area contributed by atoms with Crippen molar-refractivity contribution in [2.45, 2.75) is 13.5 Å². The summed E-state index contributed by atoms with van der Waals surface area (Å²) in [6.45, 7) is 1.99. The van der Waals surface area contributed by atoms with Gasteiger partial charge in [0.05, 0.1) is 0 Å². The number of nitrogens with zero attached hydrogens (tertiary/aromatic N) is 2. The number of alkyl carbamates (subject to hydrolysis) is 1. The second-order valence-corrected chi connectivity index (χ2v) is 4.66. The van der Waals surface area contributed by atoms with E-state index in [9.17, 15) is 14.9 Å². The summed E-state index contributed by atoms with van der Waals surface area (Å²) in [6.07, 6.45) is 2.47. The van der Waals surface area contributed by atoms with Gasteiger partial charge in [0.15, 0.2) is 11.5 Å². The molecule has 0 aliphatic heterocycles. The lowest BCUT2D eigenvalue weighted by molar-refractivity contribution is -0.389. The van der Waals surface area contributed by atoms with E-state index in [4.69, 9.17) is 4.74 Å². The van der Waals surface area contributed by atoms with Gasteiger partial charge < -0.3 is 20.2 Å². The number of hydrogen-bond donors (Lipinski definition) is 2. The SMILES string of the molecule is Cc1nc(C=CCNC(=O)OCc2ccccc2)c([N+](=O)[O-])[nH]1. The van der Waals surface area contributed by atoms with Crippen LogP contribution >= 0.6 is 0 Å². The molecule has 0 aliphatic rings. The van der Waals surface area contributed by atoms with Crippen molar-refractivity contribution in [3.05, 3.63) is 63.6 Å². The van der Waals surface area contributed by atoms with E-state index in [2.05, 4.69) is 15.3 Å². The van der Waals surface area contributed by atoms with Crippen LogP contribution < -0.4 is 5.32 Å². The Morgan fingerprint density at radius 1 is 1.43 bits per heavy atom. The molecule has 0 atom stereocenters. The highest BCUT2D eigenvalue weighted by Crippen LogP contribution is 2.15. The summed E-state index contributed by atoms with van der Waals surface area (Å²) in [5.74, 6) is 0.275. The Bertz CT molecular complexity index is 710. The number of aromatic nitrogens is 2. The first-order chi connectivity index (χ1) is 11.1. The van der Waals surface area contributed by atoms with Crippen molar-refractivity contribution >= 4 is 18.0 Å². The van der Waals surface area contributed by atoms with Crippen LogP contribution in [-0.4, -0.2) is 27.5 Å². The number of nitrogens with one attached hydrogen (secondary N) is 2. The summed E-state index contributed by atoms with van der Waals surface area (Å²) >= 11 is 0. The van der Waals surface area contributed by atoms with E-state index in [0.717, 1.165) is 5.56 Å². The molecule has 0 unspecified atom stereocenters. The van der Waals surface area contributed by atoms with Gasteiger partial charge in [0.25, 0.3) is 0 Å². The summed E-state index contributed by atoms with van der Waals surface area (Å²) in [4.78, 5) is 28.3. The van der Waals surface area contributed by atoms with Crippen LogP contribution in [-0.2, 0) is 11.3 Å². The van der Waals surface area contributed by atoms with Gasteiger partial charge >= 0.3 is 11.9 Å². The second-order valence-electron chi connectivity index (χ2n) is 4.66. The predicted octanol–water partition coefficient (Wildman–Crippen LogP) is 2.57. The van der Waals surface area contributed by atoms with Crippen molar-refractivity contribution in [2.24, 2.45) is 0 Å². The molecule has 23 heavy (non-hydrogen) atoms. The maximum Gasteiger partial charge on any atom is 0.407 e. The van der Waals surface area contributed by atoms with E-state index in [1.165, 1.54) is 6.08 Å². The number of carbonyl (C=O) groups is 1. The lowest BCUT2D eigenvalue weighted by Crippen LogP contribution is -2.24. The topological polar surface area (TPSA) is 110 Å². The number of imidazole rings is 1. The molecule has 2 N–H and O–H groups in total. The number of aromatic amines is 1. The van der Waals surface area contributed by atoms with Crippen molar-refractivity contribution in [3.8, 4) is 0 Å². The molecule has 2 aromatic rings. The normalized spacial score (nSPS) is 10.7. The fourth-order valence-electron chi connectivity index (χ4n) is 1.84. The van der Waals surface area contributed by atoms with Crippen LogP contribution in [0.5, 0.6) is 0 Å². The quantitative estimate of drug-likeness (QED) is 0.628. The van der Waals surface area contributed by atoms with Crippen LogP contribution in [0.2, 0.25) is 0 Å². The lowest BCUT2D eigenvalue weighted by atomic mass is 10.2. The fraction of sp³-hybridized carbons (Fsp3) is 0.200. The molecule has 8 heteroatoms. The van der Waals surface area contributed by atoms with Gasteiger partial charge in [-0.25, -0.2) is 14.8 Å². The van der Waals surface area contributed by atoms with Gasteiger partial charge in [-0.2, -0.15) is 0 Å². The summed E-state index contributed by atoms with van der Waals surface area (Å²) < 4.78 is 5.03. The molecule has 120 valence electrons. The molecule has 0 saturated heterocycles. The van der Waals surface area contributed by atoms with Crippen molar-refractivity contribution in [1.82, 2.24) is 15.3 Å². The Kier molecular flexibility index (Phi) is 5.45. The number of ether oxygens (including phenoxy) is 1. The molecule has 1 aromatic heterocycles. The molecule has 1 heterocycles. The van der Waals surface area contributed by atoms with Crippen molar-refractivity contribution < 1.29 is 14.5 Å². The van der Waals surface area contributed by atoms with Gasteiger partial charge in [0.1, 0.15) is 6.61 Å². The number of nitro groups is 1. The van der Waals surface area contributed by atoms with E-state index in [-0.39, 0.29) is 24.7 Å². The first-order valence-electron chi connectivity index (χ1n) is 6.88. The van der Waals surface area contributed by atoms with E-state index < -0.39 is 11.0 Å². The molecule has 1 amide bonds. The highest BCUT2D eigenvalue weighted by molar-refractivity contribution is 5.67. The Labute approximate surface area is 132 Å². The molecule has 0 bridgehead atoms. The number of H-pyrrole nitrogens is 1. The Balaban J connectivity index is 1.78. The molecule has 0 fully saturated rings. The molecule has 1 aromatic carbocycles. The van der Waals surface area contributed by atoms with Crippen LogP contribution in [0, 0.1) is 17.0 Å². The maximum absolute atomic E-state index is 11.5. The zero-order valence-electron chi connectivity index (χ0n) is 12.5. The zero-order valence-corrected chi connectivity index (χ0v) is 12.5. The second kappa shape index (κ2) is 7.74. The minimum absolute atomic E-state index is 0.176. The van der Waals surface area contributed by atoms with Crippen molar-refractivity contribution in [2.75, 3.05) is 6.54 Å². The minimum atomic E-state index is -0.564. The Hall–Kier alpha value is -3.16. The number of benzene rings is 1. The molecule has 0 spiro atoms. The zero-order chi connectivity index (χ0) is 16.7. The van der Waals surface area contributed by atoms with Crippen LogP contribution in [0.25, 0.3) is 6.08 Å². The largest absolute Gasteiger partial charge is 0.445 e. The van der Waals surface area contributed by atoms with Gasteiger partial charge in [-0.1, -0.05) is 36.4 Å². The fourth-order valence-corrected chi connectivity index (χ4v) is 1.84. The predicted molar refractivity (Wildman–Crippen MR) is 83.6 cm³/mol. The van der Waals surface area contributed by atoms with Crippen molar-refractivity contribution in [1.29, 1.82) is 0 Å². The lowest BCUT2D eigenvalue weighted by Gasteiger charge is -2.04. The third kappa shape index (κ3) is 4.95. The smallest absolute Gasteiger partial charge is 0.407 e. The summed E-state index contributed by atoms with van der Waals surface area (Å²) in [5.41, 5.74) is 1.10. The van der Waals surface area contributed by atoms with Crippen LogP contribution in [0.3, 0.4) is 0 Å². The van der Waals surface area contributed by atoms with Crippen LogP contribution in [0.1, 0.15) is 17.1 Å². The van der Waals surface area contributed by atoms with E-state index in [1.54, 1.807) is 13.0 Å².